The molecule has 0 N–H and O–H groups in total. The molecule has 6 heteroatoms. The highest BCUT2D eigenvalue weighted by Crippen LogP contribution is 2.54. The number of ether oxygens (including phenoxy) is 1. The molecule has 0 bridgehead atoms. The lowest BCUT2D eigenvalue weighted by molar-refractivity contribution is -0.384. The highest BCUT2D eigenvalue weighted by Gasteiger charge is 2.57. The lowest BCUT2D eigenvalue weighted by atomic mass is 9.76. The Bertz CT molecular complexity index is 938. The Labute approximate surface area is 150 Å². The number of benzene rings is 2. The molecule has 25 heavy (non-hydrogen) atoms. The topological polar surface area (TPSA) is 55.6 Å². The van der Waals surface area contributed by atoms with Crippen molar-refractivity contribution in [1.29, 1.82) is 0 Å². The summed E-state index contributed by atoms with van der Waals surface area (Å²) in [6, 6.07) is 11.2. The van der Waals surface area contributed by atoms with Gasteiger partial charge in [0.2, 0.25) is 5.72 Å². The van der Waals surface area contributed by atoms with E-state index in [0.29, 0.717) is 11.3 Å². The van der Waals surface area contributed by atoms with Crippen LogP contribution in [-0.4, -0.2) is 17.7 Å². The minimum atomic E-state index is -0.719. The summed E-state index contributed by atoms with van der Waals surface area (Å²) in [4.78, 5) is 12.7. The van der Waals surface area contributed by atoms with Crippen LogP contribution in [0.1, 0.15) is 25.0 Å². The van der Waals surface area contributed by atoms with E-state index in [1.807, 2.05) is 31.3 Å². The number of likely N-dealkylation sites (N-methyl/N-ethyl adjacent to an activating group) is 1. The van der Waals surface area contributed by atoms with E-state index in [9.17, 15) is 10.1 Å². The summed E-state index contributed by atoms with van der Waals surface area (Å²) in [5.74, 6) is 0.547. The number of nitro benzene ring substituents is 1. The number of nitro groups is 1. The highest BCUT2D eigenvalue weighted by atomic mass is 35.5. The summed E-state index contributed by atoms with van der Waals surface area (Å²) in [6.45, 7) is 4.27. The van der Waals surface area contributed by atoms with Gasteiger partial charge in [0, 0.05) is 30.4 Å². The zero-order valence-corrected chi connectivity index (χ0v) is 14.9. The molecule has 128 valence electrons. The lowest BCUT2D eigenvalue weighted by Crippen LogP contribution is -2.58. The van der Waals surface area contributed by atoms with Crippen molar-refractivity contribution in [3.63, 3.8) is 0 Å². The predicted molar refractivity (Wildman–Crippen MR) is 98.4 cm³/mol. The average molecular weight is 357 g/mol. The summed E-state index contributed by atoms with van der Waals surface area (Å²) in [5.41, 5.74) is 1.80. The molecular formula is C19H17ClN2O3. The molecule has 2 aliphatic rings. The van der Waals surface area contributed by atoms with Crippen LogP contribution in [0.15, 0.2) is 42.5 Å². The SMILES string of the molecule is CN1c2ccccc2C(C)(C)C12C=Cc1cc([N+](=O)[O-])c(Cl)cc1O2. The van der Waals surface area contributed by atoms with E-state index >= 15 is 0 Å². The number of para-hydroxylation sites is 1. The number of fused-ring (bicyclic) bond motifs is 2. The summed E-state index contributed by atoms with van der Waals surface area (Å²) in [5, 5.41) is 11.2. The third-order valence-corrected chi connectivity index (χ3v) is 5.67. The smallest absolute Gasteiger partial charge is 0.288 e. The Morgan fingerprint density at radius 3 is 2.64 bits per heavy atom. The zero-order chi connectivity index (χ0) is 18.0. The van der Waals surface area contributed by atoms with E-state index < -0.39 is 10.6 Å². The maximum absolute atomic E-state index is 11.1. The molecule has 2 heterocycles. The molecule has 0 saturated carbocycles. The van der Waals surface area contributed by atoms with Crippen molar-refractivity contribution in [2.24, 2.45) is 0 Å². The Balaban J connectivity index is 1.87. The monoisotopic (exact) mass is 356 g/mol. The molecule has 5 nitrogen and oxygen atoms in total. The molecule has 0 amide bonds. The molecule has 2 aromatic carbocycles. The van der Waals surface area contributed by atoms with Gasteiger partial charge in [-0.3, -0.25) is 10.1 Å². The quantitative estimate of drug-likeness (QED) is 0.545. The molecule has 0 saturated heterocycles. The molecule has 1 atom stereocenters. The number of hydrogen-bond donors (Lipinski definition) is 0. The van der Waals surface area contributed by atoms with Gasteiger partial charge in [0.15, 0.2) is 0 Å². The van der Waals surface area contributed by atoms with Crippen molar-refractivity contribution in [3.05, 3.63) is 68.7 Å². The van der Waals surface area contributed by atoms with Crippen LogP contribution in [0.3, 0.4) is 0 Å². The van der Waals surface area contributed by atoms with Crippen molar-refractivity contribution in [2.75, 3.05) is 11.9 Å². The summed E-state index contributed by atoms with van der Waals surface area (Å²) in [6.07, 6.45) is 3.86. The molecule has 2 aromatic rings. The van der Waals surface area contributed by atoms with Crippen LogP contribution in [0.2, 0.25) is 5.02 Å². The van der Waals surface area contributed by atoms with Crippen LogP contribution < -0.4 is 9.64 Å². The Morgan fingerprint density at radius 1 is 1.24 bits per heavy atom. The van der Waals surface area contributed by atoms with E-state index in [1.165, 1.54) is 17.7 Å². The van der Waals surface area contributed by atoms with Gasteiger partial charge in [-0.1, -0.05) is 29.8 Å². The number of anilines is 1. The maximum atomic E-state index is 11.1. The van der Waals surface area contributed by atoms with Crippen LogP contribution in [0.5, 0.6) is 5.75 Å². The van der Waals surface area contributed by atoms with Crippen molar-refractivity contribution in [3.8, 4) is 5.75 Å². The largest absolute Gasteiger partial charge is 0.463 e. The molecule has 0 radical (unpaired) electrons. The van der Waals surface area contributed by atoms with Gasteiger partial charge < -0.3 is 9.64 Å². The molecule has 4 rings (SSSR count). The van der Waals surface area contributed by atoms with Crippen molar-refractivity contribution in [1.82, 2.24) is 0 Å². The zero-order valence-electron chi connectivity index (χ0n) is 14.1. The second-order valence-electron chi connectivity index (χ2n) is 6.93. The third kappa shape index (κ3) is 1.96. The van der Waals surface area contributed by atoms with Gasteiger partial charge in [-0.25, -0.2) is 0 Å². The number of nitrogens with zero attached hydrogens (tertiary/aromatic N) is 2. The second-order valence-corrected chi connectivity index (χ2v) is 7.34. The predicted octanol–water partition coefficient (Wildman–Crippen LogP) is 4.78. The van der Waals surface area contributed by atoms with Crippen molar-refractivity contribution >= 4 is 29.1 Å². The third-order valence-electron chi connectivity index (χ3n) is 5.36. The summed E-state index contributed by atoms with van der Waals surface area (Å²) in [7, 11) is 2.00. The molecule has 0 aromatic heterocycles. The second kappa shape index (κ2) is 4.99. The van der Waals surface area contributed by atoms with E-state index in [-0.39, 0.29) is 16.1 Å². The van der Waals surface area contributed by atoms with Crippen molar-refractivity contribution < 1.29 is 9.66 Å². The molecule has 1 unspecified atom stereocenters. The molecule has 2 aliphatic heterocycles. The lowest BCUT2D eigenvalue weighted by Gasteiger charge is -2.45. The highest BCUT2D eigenvalue weighted by molar-refractivity contribution is 6.32. The van der Waals surface area contributed by atoms with E-state index in [4.69, 9.17) is 16.3 Å². The number of hydrogen-bond acceptors (Lipinski definition) is 4. The van der Waals surface area contributed by atoms with Gasteiger partial charge in [-0.2, -0.15) is 0 Å². The number of rotatable bonds is 1. The minimum Gasteiger partial charge on any atom is -0.463 e. The van der Waals surface area contributed by atoms with Gasteiger partial charge in [-0.15, -0.1) is 0 Å². The van der Waals surface area contributed by atoms with Gasteiger partial charge in [0.25, 0.3) is 5.69 Å². The van der Waals surface area contributed by atoms with E-state index in [1.54, 1.807) is 0 Å². The first-order chi connectivity index (χ1) is 11.8. The van der Waals surface area contributed by atoms with Gasteiger partial charge >= 0.3 is 0 Å². The Hall–Kier alpha value is -2.53. The van der Waals surface area contributed by atoms with Crippen LogP contribution in [0, 0.1) is 10.1 Å². The fourth-order valence-electron chi connectivity index (χ4n) is 3.92. The fourth-order valence-corrected chi connectivity index (χ4v) is 4.15. The van der Waals surface area contributed by atoms with E-state index in [2.05, 4.69) is 30.9 Å². The first-order valence-corrected chi connectivity index (χ1v) is 8.35. The molecular weight excluding hydrogens is 340 g/mol. The molecule has 1 spiro atoms. The van der Waals surface area contributed by atoms with E-state index in [0.717, 1.165) is 5.69 Å². The van der Waals surface area contributed by atoms with Crippen LogP contribution >= 0.6 is 11.6 Å². The summed E-state index contributed by atoms with van der Waals surface area (Å²) < 4.78 is 6.44. The average Bonchev–Trinajstić information content (AvgIpc) is 2.73. The van der Waals surface area contributed by atoms with Crippen LogP contribution in [0.25, 0.3) is 6.08 Å². The minimum absolute atomic E-state index is 0.0742. The van der Waals surface area contributed by atoms with Gasteiger partial charge in [0.1, 0.15) is 10.8 Å². The van der Waals surface area contributed by atoms with Crippen molar-refractivity contribution in [2.45, 2.75) is 25.0 Å². The number of halogens is 1. The Kier molecular flexibility index (Phi) is 3.19. The first-order valence-electron chi connectivity index (χ1n) is 7.97. The maximum Gasteiger partial charge on any atom is 0.288 e. The standard InChI is InChI=1S/C19H17ClN2O3/c1-18(2)13-6-4-5-7-15(13)21(3)19(18)9-8-12-10-16(22(23)24)14(20)11-17(12)25-19/h4-11H,1-3H3. The van der Waals surface area contributed by atoms with Crippen LogP contribution in [-0.2, 0) is 5.41 Å². The van der Waals surface area contributed by atoms with Crippen LogP contribution in [0.4, 0.5) is 11.4 Å². The fraction of sp³-hybridized carbons (Fsp3) is 0.263. The molecule has 0 fully saturated rings. The summed E-state index contributed by atoms with van der Waals surface area (Å²) >= 11 is 6.09. The first kappa shape index (κ1) is 16.0. The molecule has 0 aliphatic carbocycles. The van der Waals surface area contributed by atoms with Gasteiger partial charge in [0.05, 0.1) is 10.3 Å². The van der Waals surface area contributed by atoms with Gasteiger partial charge in [-0.05, 0) is 37.6 Å². The normalized spacial score (nSPS) is 22.5. The Morgan fingerprint density at radius 2 is 1.96 bits per heavy atom.